The second kappa shape index (κ2) is 6.29. The second-order valence-corrected chi connectivity index (χ2v) is 7.19. The zero-order valence-electron chi connectivity index (χ0n) is 13.1. The Morgan fingerprint density at radius 2 is 2.17 bits per heavy atom. The minimum absolute atomic E-state index is 0.171. The Hall–Kier alpha value is -1.93. The summed E-state index contributed by atoms with van der Waals surface area (Å²) in [6.07, 6.45) is 1.42. The van der Waals surface area contributed by atoms with Crippen LogP contribution in [0.15, 0.2) is 33.7 Å². The topological polar surface area (TPSA) is 85.5 Å². The van der Waals surface area contributed by atoms with E-state index in [-0.39, 0.29) is 4.90 Å². The van der Waals surface area contributed by atoms with Crippen molar-refractivity contribution in [2.45, 2.75) is 37.6 Å². The molecule has 0 aliphatic carbocycles. The minimum atomic E-state index is -3.70. The number of aromatic nitrogens is 2. The van der Waals surface area contributed by atoms with Crippen molar-refractivity contribution in [3.8, 4) is 5.75 Å². The number of aryl methyl sites for hydroxylation is 1. The molecule has 23 heavy (non-hydrogen) atoms. The molecular formula is C15H19N3O4S. The molecule has 1 saturated heterocycles. The SMILES string of the molecule is CCOc1ccccc1S(=O)(=O)N1CCCC1c1nc(C)no1. The molecule has 0 amide bonds. The van der Waals surface area contributed by atoms with Gasteiger partial charge in [-0.15, -0.1) is 0 Å². The van der Waals surface area contributed by atoms with Crippen molar-refractivity contribution < 1.29 is 17.7 Å². The molecule has 1 aliphatic heterocycles. The summed E-state index contributed by atoms with van der Waals surface area (Å²) in [5.74, 6) is 1.21. The van der Waals surface area contributed by atoms with E-state index in [0.717, 1.165) is 6.42 Å². The van der Waals surface area contributed by atoms with Gasteiger partial charge < -0.3 is 9.26 Å². The van der Waals surface area contributed by atoms with Gasteiger partial charge in [0.15, 0.2) is 5.82 Å². The van der Waals surface area contributed by atoms with E-state index in [2.05, 4.69) is 10.1 Å². The van der Waals surface area contributed by atoms with Crippen LogP contribution in [0.2, 0.25) is 0 Å². The summed E-state index contributed by atoms with van der Waals surface area (Å²) < 4.78 is 38.2. The number of hydrogen-bond acceptors (Lipinski definition) is 6. The molecule has 1 aromatic carbocycles. The molecule has 0 radical (unpaired) electrons. The maximum atomic E-state index is 13.1. The van der Waals surface area contributed by atoms with Gasteiger partial charge in [0.25, 0.3) is 0 Å². The van der Waals surface area contributed by atoms with Gasteiger partial charge in [-0.05, 0) is 38.8 Å². The van der Waals surface area contributed by atoms with E-state index in [4.69, 9.17) is 9.26 Å². The number of sulfonamides is 1. The largest absolute Gasteiger partial charge is 0.492 e. The first-order chi connectivity index (χ1) is 11.0. The van der Waals surface area contributed by atoms with Crippen molar-refractivity contribution in [2.24, 2.45) is 0 Å². The number of nitrogens with zero attached hydrogens (tertiary/aromatic N) is 3. The Bertz CT molecular complexity index is 788. The van der Waals surface area contributed by atoms with E-state index in [0.29, 0.717) is 37.0 Å². The van der Waals surface area contributed by atoms with E-state index in [9.17, 15) is 8.42 Å². The third-order valence-corrected chi connectivity index (χ3v) is 5.72. The third kappa shape index (κ3) is 2.96. The first-order valence-corrected chi connectivity index (χ1v) is 9.02. The highest BCUT2D eigenvalue weighted by Gasteiger charge is 2.40. The summed E-state index contributed by atoms with van der Waals surface area (Å²) in [6.45, 7) is 4.36. The fourth-order valence-electron chi connectivity index (χ4n) is 2.79. The molecule has 1 aliphatic rings. The number of benzene rings is 1. The van der Waals surface area contributed by atoms with Gasteiger partial charge in [-0.1, -0.05) is 17.3 Å². The van der Waals surface area contributed by atoms with Crippen molar-refractivity contribution in [3.63, 3.8) is 0 Å². The average Bonchev–Trinajstić information content (AvgIpc) is 3.16. The molecule has 2 aromatic rings. The zero-order valence-corrected chi connectivity index (χ0v) is 13.9. The first-order valence-electron chi connectivity index (χ1n) is 7.58. The fourth-order valence-corrected chi connectivity index (χ4v) is 4.57. The molecule has 0 bridgehead atoms. The van der Waals surface area contributed by atoms with Crippen LogP contribution >= 0.6 is 0 Å². The maximum Gasteiger partial charge on any atom is 0.247 e. The van der Waals surface area contributed by atoms with Crippen LogP contribution in [0.3, 0.4) is 0 Å². The number of rotatable bonds is 5. The average molecular weight is 337 g/mol. The predicted octanol–water partition coefficient (Wildman–Crippen LogP) is 2.30. The van der Waals surface area contributed by atoms with Crippen LogP contribution in [0.1, 0.15) is 37.5 Å². The number of hydrogen-bond donors (Lipinski definition) is 0. The predicted molar refractivity (Wildman–Crippen MR) is 82.5 cm³/mol. The van der Waals surface area contributed by atoms with Crippen LogP contribution in [0.5, 0.6) is 5.75 Å². The van der Waals surface area contributed by atoms with Crippen LogP contribution in [-0.2, 0) is 10.0 Å². The lowest BCUT2D eigenvalue weighted by Gasteiger charge is -2.22. The normalized spacial score (nSPS) is 19.1. The minimum Gasteiger partial charge on any atom is -0.492 e. The Balaban J connectivity index is 1.99. The van der Waals surface area contributed by atoms with E-state index >= 15 is 0 Å². The highest BCUT2D eigenvalue weighted by atomic mass is 32.2. The molecule has 2 heterocycles. The Morgan fingerprint density at radius 3 is 2.87 bits per heavy atom. The van der Waals surface area contributed by atoms with E-state index < -0.39 is 16.1 Å². The quantitative estimate of drug-likeness (QED) is 0.832. The summed E-state index contributed by atoms with van der Waals surface area (Å²) in [6, 6.07) is 6.26. The Labute approximate surface area is 135 Å². The van der Waals surface area contributed by atoms with Crippen LogP contribution < -0.4 is 4.74 Å². The second-order valence-electron chi connectivity index (χ2n) is 5.33. The summed E-state index contributed by atoms with van der Waals surface area (Å²) in [4.78, 5) is 4.37. The standard InChI is InChI=1S/C15H19N3O4S/c1-3-21-13-8-4-5-9-14(13)23(19,20)18-10-6-7-12(18)15-16-11(2)17-22-15/h4-5,8-9,12H,3,6-7,10H2,1-2H3. The van der Waals surface area contributed by atoms with Crippen molar-refractivity contribution >= 4 is 10.0 Å². The van der Waals surface area contributed by atoms with Crippen molar-refractivity contribution in [1.82, 2.24) is 14.4 Å². The molecule has 8 heteroatoms. The van der Waals surface area contributed by atoms with Crippen LogP contribution in [0.25, 0.3) is 0 Å². The van der Waals surface area contributed by atoms with E-state index in [1.54, 1.807) is 31.2 Å². The van der Waals surface area contributed by atoms with Gasteiger partial charge in [-0.2, -0.15) is 9.29 Å². The van der Waals surface area contributed by atoms with Crippen molar-refractivity contribution in [1.29, 1.82) is 0 Å². The first kappa shape index (κ1) is 15.9. The third-order valence-electron chi connectivity index (χ3n) is 3.77. The molecule has 124 valence electrons. The van der Waals surface area contributed by atoms with Crippen LogP contribution in [0.4, 0.5) is 0 Å². The summed E-state index contributed by atoms with van der Waals surface area (Å²) in [5.41, 5.74) is 0. The molecule has 3 rings (SSSR count). The zero-order chi connectivity index (χ0) is 16.4. The van der Waals surface area contributed by atoms with Gasteiger partial charge in [-0.25, -0.2) is 8.42 Å². The van der Waals surface area contributed by atoms with Gasteiger partial charge in [0.05, 0.1) is 6.61 Å². The van der Waals surface area contributed by atoms with Gasteiger partial charge in [0, 0.05) is 6.54 Å². The highest BCUT2D eigenvalue weighted by molar-refractivity contribution is 7.89. The molecule has 7 nitrogen and oxygen atoms in total. The molecule has 1 aromatic heterocycles. The van der Waals surface area contributed by atoms with E-state index in [1.807, 2.05) is 6.92 Å². The lowest BCUT2D eigenvalue weighted by Crippen LogP contribution is -2.31. The summed E-state index contributed by atoms with van der Waals surface area (Å²) >= 11 is 0. The van der Waals surface area contributed by atoms with Crippen molar-refractivity contribution in [2.75, 3.05) is 13.2 Å². The van der Waals surface area contributed by atoms with Gasteiger partial charge in [0.1, 0.15) is 16.7 Å². The van der Waals surface area contributed by atoms with Crippen LogP contribution in [-0.4, -0.2) is 36.0 Å². The van der Waals surface area contributed by atoms with Gasteiger partial charge in [0.2, 0.25) is 15.9 Å². The Morgan fingerprint density at radius 1 is 1.39 bits per heavy atom. The molecule has 0 N–H and O–H groups in total. The monoisotopic (exact) mass is 337 g/mol. The molecule has 1 unspecified atom stereocenters. The lowest BCUT2D eigenvalue weighted by molar-refractivity contribution is 0.287. The molecule has 1 atom stereocenters. The maximum absolute atomic E-state index is 13.1. The molecule has 1 fully saturated rings. The number of para-hydroxylation sites is 1. The van der Waals surface area contributed by atoms with E-state index in [1.165, 1.54) is 4.31 Å². The molecule has 0 spiro atoms. The molecular weight excluding hydrogens is 318 g/mol. The summed E-state index contributed by atoms with van der Waals surface area (Å²) in [5, 5.41) is 3.77. The fraction of sp³-hybridized carbons (Fsp3) is 0.467. The van der Waals surface area contributed by atoms with Gasteiger partial charge in [-0.3, -0.25) is 0 Å². The lowest BCUT2D eigenvalue weighted by atomic mass is 10.2. The van der Waals surface area contributed by atoms with Crippen molar-refractivity contribution in [3.05, 3.63) is 36.0 Å². The van der Waals surface area contributed by atoms with Crippen LogP contribution in [0, 0.1) is 6.92 Å². The smallest absolute Gasteiger partial charge is 0.247 e. The summed E-state index contributed by atoms with van der Waals surface area (Å²) in [7, 11) is -3.70. The molecule has 0 saturated carbocycles. The number of ether oxygens (including phenoxy) is 1. The Kier molecular flexibility index (Phi) is 4.36. The highest BCUT2D eigenvalue weighted by Crippen LogP contribution is 2.38. The van der Waals surface area contributed by atoms with Gasteiger partial charge >= 0.3 is 0 Å².